The predicted molar refractivity (Wildman–Crippen MR) is 106 cm³/mol. The number of hydrogen-bond donors (Lipinski definition) is 1. The van der Waals surface area contributed by atoms with E-state index in [0.717, 1.165) is 13.1 Å². The number of amides is 1. The molecule has 1 fully saturated rings. The van der Waals surface area contributed by atoms with Crippen molar-refractivity contribution in [2.75, 3.05) is 36.4 Å². The number of nitrogens with zero attached hydrogens (tertiary/aromatic N) is 5. The molecule has 3 aromatic rings. The molecular formula is C20H22N6O2. The van der Waals surface area contributed by atoms with Crippen LogP contribution < -0.4 is 10.2 Å². The molecule has 1 N–H and O–H groups in total. The zero-order chi connectivity index (χ0) is 19.5. The molecule has 4 rings (SSSR count). The molecule has 0 saturated carbocycles. The van der Waals surface area contributed by atoms with E-state index in [2.05, 4.69) is 56.5 Å². The summed E-state index contributed by atoms with van der Waals surface area (Å²) in [5.74, 6) is 1.67. The minimum absolute atomic E-state index is 0.0970. The van der Waals surface area contributed by atoms with Crippen molar-refractivity contribution in [2.24, 2.45) is 0 Å². The molecule has 8 nitrogen and oxygen atoms in total. The molecule has 8 heteroatoms. The number of rotatable bonds is 4. The molecule has 0 radical (unpaired) electrons. The standard InChI is InChI=1S/C20H22N6O2/c1-14-4-3-5-16(10-14)25-6-8-26(9-7-25)20(27)17-12-22-19(13-21-17)23-18-11-15(2)28-24-18/h3-5,10-13H,6-9H2,1-2H3,(H,22,23,24). The molecule has 2 aromatic heterocycles. The van der Waals surface area contributed by atoms with Crippen LogP contribution >= 0.6 is 0 Å². The smallest absolute Gasteiger partial charge is 0.274 e. The number of aryl methyl sites for hydroxylation is 2. The Balaban J connectivity index is 1.36. The van der Waals surface area contributed by atoms with Gasteiger partial charge in [-0.2, -0.15) is 0 Å². The van der Waals surface area contributed by atoms with E-state index in [1.165, 1.54) is 23.6 Å². The maximum absolute atomic E-state index is 12.7. The van der Waals surface area contributed by atoms with E-state index in [9.17, 15) is 4.79 Å². The highest BCUT2D eigenvalue weighted by Gasteiger charge is 2.23. The maximum Gasteiger partial charge on any atom is 0.274 e. The lowest BCUT2D eigenvalue weighted by atomic mass is 10.2. The molecule has 0 aliphatic carbocycles. The largest absolute Gasteiger partial charge is 0.368 e. The summed E-state index contributed by atoms with van der Waals surface area (Å²) in [6.07, 6.45) is 3.02. The third-order valence-corrected chi connectivity index (χ3v) is 4.69. The molecule has 1 aromatic carbocycles. The highest BCUT2D eigenvalue weighted by molar-refractivity contribution is 5.92. The fraction of sp³-hybridized carbons (Fsp3) is 0.300. The van der Waals surface area contributed by atoms with Crippen molar-refractivity contribution in [3.05, 3.63) is 59.7 Å². The number of carbonyl (C=O) groups is 1. The van der Waals surface area contributed by atoms with Crippen LogP contribution in [0, 0.1) is 13.8 Å². The van der Waals surface area contributed by atoms with E-state index in [0.29, 0.717) is 36.2 Å². The maximum atomic E-state index is 12.7. The first kappa shape index (κ1) is 18.0. The van der Waals surface area contributed by atoms with Gasteiger partial charge in [0, 0.05) is 37.9 Å². The van der Waals surface area contributed by atoms with E-state index in [1.807, 2.05) is 11.8 Å². The molecule has 0 bridgehead atoms. The fourth-order valence-electron chi connectivity index (χ4n) is 3.21. The number of aromatic nitrogens is 3. The van der Waals surface area contributed by atoms with E-state index < -0.39 is 0 Å². The molecule has 144 valence electrons. The van der Waals surface area contributed by atoms with Crippen molar-refractivity contribution in [2.45, 2.75) is 13.8 Å². The third kappa shape index (κ3) is 3.95. The summed E-state index contributed by atoms with van der Waals surface area (Å²) >= 11 is 0. The molecule has 0 unspecified atom stereocenters. The molecule has 0 spiro atoms. The minimum atomic E-state index is -0.0970. The molecule has 1 amide bonds. The number of anilines is 3. The number of nitrogens with one attached hydrogen (secondary N) is 1. The second kappa shape index (κ2) is 7.67. The Bertz CT molecular complexity index is 961. The van der Waals surface area contributed by atoms with Gasteiger partial charge in [-0.1, -0.05) is 17.3 Å². The summed E-state index contributed by atoms with van der Waals surface area (Å²) in [7, 11) is 0. The first-order valence-electron chi connectivity index (χ1n) is 9.22. The lowest BCUT2D eigenvalue weighted by Gasteiger charge is -2.36. The van der Waals surface area contributed by atoms with Crippen LogP contribution in [0.4, 0.5) is 17.3 Å². The van der Waals surface area contributed by atoms with Crippen molar-refractivity contribution < 1.29 is 9.32 Å². The Labute approximate surface area is 163 Å². The van der Waals surface area contributed by atoms with Gasteiger partial charge in [-0.3, -0.25) is 4.79 Å². The summed E-state index contributed by atoms with van der Waals surface area (Å²) in [6.45, 7) is 6.81. The molecular weight excluding hydrogens is 356 g/mol. The van der Waals surface area contributed by atoms with Gasteiger partial charge >= 0.3 is 0 Å². The Morgan fingerprint density at radius 2 is 1.86 bits per heavy atom. The number of benzene rings is 1. The topological polar surface area (TPSA) is 87.4 Å². The summed E-state index contributed by atoms with van der Waals surface area (Å²) in [4.78, 5) is 25.4. The van der Waals surface area contributed by atoms with Crippen LogP contribution in [0.1, 0.15) is 21.8 Å². The predicted octanol–water partition coefficient (Wildman–Crippen LogP) is 2.79. The van der Waals surface area contributed by atoms with Gasteiger partial charge in [0.05, 0.1) is 12.4 Å². The van der Waals surface area contributed by atoms with Crippen LogP contribution in [0.5, 0.6) is 0 Å². The summed E-state index contributed by atoms with van der Waals surface area (Å²) < 4.78 is 5.00. The van der Waals surface area contributed by atoms with Crippen molar-refractivity contribution in [3.8, 4) is 0 Å². The van der Waals surface area contributed by atoms with Gasteiger partial charge in [0.15, 0.2) is 5.82 Å². The van der Waals surface area contributed by atoms with Crippen molar-refractivity contribution in [1.29, 1.82) is 0 Å². The normalized spacial score (nSPS) is 14.2. The minimum Gasteiger partial charge on any atom is -0.368 e. The SMILES string of the molecule is Cc1cccc(N2CCN(C(=O)c3cnc(Nc4cc(C)on4)cn3)CC2)c1. The Morgan fingerprint density at radius 3 is 2.50 bits per heavy atom. The van der Waals surface area contributed by atoms with Gasteiger partial charge in [0.25, 0.3) is 5.91 Å². The fourth-order valence-corrected chi connectivity index (χ4v) is 3.21. The van der Waals surface area contributed by atoms with Crippen molar-refractivity contribution in [3.63, 3.8) is 0 Å². The summed E-state index contributed by atoms with van der Waals surface area (Å²) in [5, 5.41) is 6.83. The Hall–Kier alpha value is -3.42. The molecule has 1 saturated heterocycles. The molecule has 3 heterocycles. The Kier molecular flexibility index (Phi) is 4.92. The zero-order valence-electron chi connectivity index (χ0n) is 15.9. The Morgan fingerprint density at radius 1 is 1.04 bits per heavy atom. The number of carbonyl (C=O) groups excluding carboxylic acids is 1. The van der Waals surface area contributed by atoms with Gasteiger partial charge in [0.2, 0.25) is 0 Å². The van der Waals surface area contributed by atoms with Gasteiger partial charge in [-0.25, -0.2) is 9.97 Å². The van der Waals surface area contributed by atoms with Gasteiger partial charge in [-0.15, -0.1) is 0 Å². The van der Waals surface area contributed by atoms with Crippen molar-refractivity contribution in [1.82, 2.24) is 20.0 Å². The van der Waals surface area contributed by atoms with Crippen LogP contribution in [-0.2, 0) is 0 Å². The van der Waals surface area contributed by atoms with Gasteiger partial charge < -0.3 is 19.6 Å². The van der Waals surface area contributed by atoms with Gasteiger partial charge in [-0.05, 0) is 31.5 Å². The second-order valence-electron chi connectivity index (χ2n) is 6.85. The van der Waals surface area contributed by atoms with Gasteiger partial charge in [0.1, 0.15) is 17.3 Å². The lowest BCUT2D eigenvalue weighted by molar-refractivity contribution is 0.0740. The monoisotopic (exact) mass is 378 g/mol. The number of hydrogen-bond acceptors (Lipinski definition) is 7. The average Bonchev–Trinajstić information content (AvgIpc) is 3.13. The second-order valence-corrected chi connectivity index (χ2v) is 6.85. The summed E-state index contributed by atoms with van der Waals surface area (Å²) in [6, 6.07) is 10.2. The first-order chi connectivity index (χ1) is 13.6. The third-order valence-electron chi connectivity index (χ3n) is 4.69. The molecule has 0 atom stereocenters. The van der Waals surface area contributed by atoms with Crippen LogP contribution in [0.2, 0.25) is 0 Å². The van der Waals surface area contributed by atoms with E-state index in [-0.39, 0.29) is 5.91 Å². The molecule has 1 aliphatic heterocycles. The molecule has 1 aliphatic rings. The van der Waals surface area contributed by atoms with Crippen LogP contribution in [0.15, 0.2) is 47.2 Å². The van der Waals surface area contributed by atoms with Crippen LogP contribution in [-0.4, -0.2) is 52.1 Å². The van der Waals surface area contributed by atoms with E-state index in [4.69, 9.17) is 4.52 Å². The average molecular weight is 378 g/mol. The lowest BCUT2D eigenvalue weighted by Crippen LogP contribution is -2.49. The van der Waals surface area contributed by atoms with E-state index >= 15 is 0 Å². The van der Waals surface area contributed by atoms with Crippen molar-refractivity contribution >= 4 is 23.2 Å². The first-order valence-corrected chi connectivity index (χ1v) is 9.22. The van der Waals surface area contributed by atoms with Crippen LogP contribution in [0.3, 0.4) is 0 Å². The molecule has 28 heavy (non-hydrogen) atoms. The summed E-state index contributed by atoms with van der Waals surface area (Å²) in [5.41, 5.74) is 2.78. The highest BCUT2D eigenvalue weighted by atomic mass is 16.5. The highest BCUT2D eigenvalue weighted by Crippen LogP contribution is 2.19. The van der Waals surface area contributed by atoms with Crippen LogP contribution in [0.25, 0.3) is 0 Å². The quantitative estimate of drug-likeness (QED) is 0.747. The zero-order valence-corrected chi connectivity index (χ0v) is 15.9. The van der Waals surface area contributed by atoms with E-state index in [1.54, 1.807) is 6.07 Å². The number of piperazine rings is 1.